The van der Waals surface area contributed by atoms with Crippen molar-refractivity contribution < 1.29 is 15.0 Å². The van der Waals surface area contributed by atoms with E-state index in [-0.39, 0.29) is 0 Å². The fourth-order valence-electron chi connectivity index (χ4n) is 0.206. The number of carbonyl (C=O) groups is 1. The molecule has 5 heteroatoms. The molecule has 0 saturated carbocycles. The molecule has 0 rings (SSSR count). The summed E-state index contributed by atoms with van der Waals surface area (Å²) in [5, 5.41) is 20.0. The van der Waals surface area contributed by atoms with Gasteiger partial charge in [0.2, 0.25) is 0 Å². The second-order valence-corrected chi connectivity index (χ2v) is 0.999. The fraction of sp³-hybridized carbons (Fsp3) is 0.400. The lowest BCUT2D eigenvalue weighted by molar-refractivity contribution is 0.201. The van der Waals surface area contributed by atoms with Crippen LogP contribution in [0.5, 0.6) is 0 Å². The lowest BCUT2D eigenvalue weighted by atomic mass is 10.9. The molecular formula is C5H12N2O3. The van der Waals surface area contributed by atoms with Gasteiger partial charge in [0.05, 0.1) is 0 Å². The van der Waals surface area contributed by atoms with Gasteiger partial charge in [-0.15, -0.1) is 13.2 Å². The van der Waals surface area contributed by atoms with Crippen LogP contribution in [-0.2, 0) is 0 Å². The fourth-order valence-corrected chi connectivity index (χ4v) is 0.206. The lowest BCUT2D eigenvalue weighted by Crippen LogP contribution is -2.36. The average molecular weight is 148 g/mol. The SMILES string of the molecule is C=C.O=C(NCO)NCO. The molecule has 0 fully saturated rings. The van der Waals surface area contributed by atoms with E-state index in [4.69, 9.17) is 10.2 Å². The zero-order valence-corrected chi connectivity index (χ0v) is 5.63. The van der Waals surface area contributed by atoms with E-state index in [0.29, 0.717) is 0 Å². The van der Waals surface area contributed by atoms with Crippen molar-refractivity contribution in [1.82, 2.24) is 10.6 Å². The van der Waals surface area contributed by atoms with Gasteiger partial charge in [-0.05, 0) is 0 Å². The third-order valence-corrected chi connectivity index (χ3v) is 0.479. The Morgan fingerprint density at radius 1 is 1.20 bits per heavy atom. The Kier molecular flexibility index (Phi) is 12.7. The maximum atomic E-state index is 10.1. The molecule has 0 aromatic rings. The maximum Gasteiger partial charge on any atom is 0.318 e. The first kappa shape index (κ1) is 11.7. The molecule has 0 aromatic carbocycles. The van der Waals surface area contributed by atoms with Crippen molar-refractivity contribution in [3.05, 3.63) is 13.2 Å². The zero-order chi connectivity index (χ0) is 8.41. The van der Waals surface area contributed by atoms with Crippen LogP contribution >= 0.6 is 0 Å². The van der Waals surface area contributed by atoms with Crippen LogP contribution in [0.3, 0.4) is 0 Å². The smallest absolute Gasteiger partial charge is 0.318 e. The van der Waals surface area contributed by atoms with E-state index in [1.165, 1.54) is 0 Å². The highest BCUT2D eigenvalue weighted by Crippen LogP contribution is 1.57. The van der Waals surface area contributed by atoms with Crippen LogP contribution in [-0.4, -0.2) is 29.7 Å². The van der Waals surface area contributed by atoms with Crippen molar-refractivity contribution in [2.75, 3.05) is 13.5 Å². The minimum absolute atomic E-state index is 0.425. The second-order valence-electron chi connectivity index (χ2n) is 0.999. The third kappa shape index (κ3) is 10.0. The molecule has 2 amide bonds. The Morgan fingerprint density at radius 3 is 1.70 bits per heavy atom. The predicted octanol–water partition coefficient (Wildman–Crippen LogP) is -1.01. The van der Waals surface area contributed by atoms with Gasteiger partial charge in [0.25, 0.3) is 0 Å². The standard InChI is InChI=1S/C3H8N2O3.C2H4/c6-1-4-3(8)5-2-7;1-2/h6-7H,1-2H2,(H2,4,5,8);1-2H2. The minimum atomic E-state index is -0.588. The van der Waals surface area contributed by atoms with Gasteiger partial charge in [-0.1, -0.05) is 0 Å². The van der Waals surface area contributed by atoms with Gasteiger partial charge in [0.1, 0.15) is 13.5 Å². The summed E-state index contributed by atoms with van der Waals surface area (Å²) in [5.41, 5.74) is 0. The predicted molar refractivity (Wildman–Crippen MR) is 37.1 cm³/mol. The molecule has 0 aromatic heterocycles. The van der Waals surface area contributed by atoms with Gasteiger partial charge in [-0.3, -0.25) is 0 Å². The van der Waals surface area contributed by atoms with Crippen LogP contribution in [0.4, 0.5) is 4.79 Å². The monoisotopic (exact) mass is 148 g/mol. The van der Waals surface area contributed by atoms with E-state index in [1.54, 1.807) is 0 Å². The van der Waals surface area contributed by atoms with Gasteiger partial charge >= 0.3 is 6.03 Å². The Labute approximate surface area is 59.4 Å². The van der Waals surface area contributed by atoms with Gasteiger partial charge in [0, 0.05) is 0 Å². The first-order valence-electron chi connectivity index (χ1n) is 2.54. The number of hydrogen-bond donors (Lipinski definition) is 4. The summed E-state index contributed by atoms with van der Waals surface area (Å²) in [6, 6.07) is -0.588. The van der Waals surface area contributed by atoms with E-state index < -0.39 is 19.5 Å². The summed E-state index contributed by atoms with van der Waals surface area (Å²) < 4.78 is 0. The van der Waals surface area contributed by atoms with E-state index in [9.17, 15) is 4.79 Å². The maximum absolute atomic E-state index is 10.1. The third-order valence-electron chi connectivity index (χ3n) is 0.479. The van der Waals surface area contributed by atoms with E-state index in [1.807, 2.05) is 10.6 Å². The Bertz CT molecular complexity index is 79.0. The molecule has 4 N–H and O–H groups in total. The number of nitrogens with one attached hydrogen (secondary N) is 2. The van der Waals surface area contributed by atoms with Crippen LogP contribution in [0.25, 0.3) is 0 Å². The molecule has 0 spiro atoms. The summed E-state index contributed by atoms with van der Waals surface area (Å²) in [5.74, 6) is 0. The largest absolute Gasteiger partial charge is 0.376 e. The van der Waals surface area contributed by atoms with Crippen molar-refractivity contribution in [1.29, 1.82) is 0 Å². The quantitative estimate of drug-likeness (QED) is 0.299. The highest BCUT2D eigenvalue weighted by molar-refractivity contribution is 5.73. The highest BCUT2D eigenvalue weighted by Gasteiger charge is 1.91. The molecule has 5 nitrogen and oxygen atoms in total. The molecule has 0 atom stereocenters. The zero-order valence-electron chi connectivity index (χ0n) is 5.63. The molecule has 0 heterocycles. The Morgan fingerprint density at radius 2 is 1.50 bits per heavy atom. The second kappa shape index (κ2) is 10.8. The normalized spacial score (nSPS) is 7.00. The van der Waals surface area contributed by atoms with Crippen LogP contribution in [0.15, 0.2) is 13.2 Å². The first-order chi connectivity index (χ1) is 4.81. The molecule has 0 aliphatic heterocycles. The summed E-state index contributed by atoms with van der Waals surface area (Å²) in [7, 11) is 0. The van der Waals surface area contributed by atoms with Crippen molar-refractivity contribution in [3.63, 3.8) is 0 Å². The molecule has 0 radical (unpaired) electrons. The van der Waals surface area contributed by atoms with E-state index in [2.05, 4.69) is 13.2 Å². The van der Waals surface area contributed by atoms with Crippen molar-refractivity contribution >= 4 is 6.03 Å². The van der Waals surface area contributed by atoms with Gasteiger partial charge in [0.15, 0.2) is 0 Å². The van der Waals surface area contributed by atoms with Gasteiger partial charge in [-0.25, -0.2) is 4.79 Å². The topological polar surface area (TPSA) is 81.6 Å². The van der Waals surface area contributed by atoms with Crippen LogP contribution in [0.1, 0.15) is 0 Å². The number of aliphatic hydroxyl groups is 2. The Balaban J connectivity index is 0. The summed E-state index contributed by atoms with van der Waals surface area (Å²) in [6.45, 7) is 5.15. The van der Waals surface area contributed by atoms with Gasteiger partial charge < -0.3 is 20.8 Å². The van der Waals surface area contributed by atoms with Crippen molar-refractivity contribution in [2.24, 2.45) is 0 Å². The molecular weight excluding hydrogens is 136 g/mol. The van der Waals surface area contributed by atoms with Crippen molar-refractivity contribution in [3.8, 4) is 0 Å². The number of carbonyl (C=O) groups excluding carboxylic acids is 1. The molecule has 10 heavy (non-hydrogen) atoms. The number of hydrogen-bond acceptors (Lipinski definition) is 3. The van der Waals surface area contributed by atoms with Crippen LogP contribution in [0.2, 0.25) is 0 Å². The lowest BCUT2D eigenvalue weighted by Gasteiger charge is -1.98. The highest BCUT2D eigenvalue weighted by atomic mass is 16.3. The summed E-state index contributed by atoms with van der Waals surface area (Å²) >= 11 is 0. The van der Waals surface area contributed by atoms with E-state index in [0.717, 1.165) is 0 Å². The Hall–Kier alpha value is -1.07. The minimum Gasteiger partial charge on any atom is -0.376 e. The molecule has 0 unspecified atom stereocenters. The van der Waals surface area contributed by atoms with Gasteiger partial charge in [-0.2, -0.15) is 0 Å². The van der Waals surface area contributed by atoms with Crippen LogP contribution < -0.4 is 10.6 Å². The molecule has 0 saturated heterocycles. The van der Waals surface area contributed by atoms with Crippen molar-refractivity contribution in [2.45, 2.75) is 0 Å². The number of rotatable bonds is 2. The summed E-state index contributed by atoms with van der Waals surface area (Å²) in [4.78, 5) is 10.1. The molecule has 0 bridgehead atoms. The number of amides is 2. The molecule has 0 aliphatic carbocycles. The van der Waals surface area contributed by atoms with E-state index >= 15 is 0 Å². The summed E-state index contributed by atoms with van der Waals surface area (Å²) in [6.07, 6.45) is 0. The van der Waals surface area contributed by atoms with Crippen LogP contribution in [0, 0.1) is 0 Å². The number of aliphatic hydroxyl groups excluding tert-OH is 2. The number of urea groups is 1. The molecule has 60 valence electrons. The molecule has 0 aliphatic rings. The average Bonchev–Trinajstić information content (AvgIpc) is 1.93. The first-order valence-corrected chi connectivity index (χ1v) is 2.54.